The molecule has 1 saturated heterocycles. The summed E-state index contributed by atoms with van der Waals surface area (Å²) in [7, 11) is -3.70. The molecule has 2 aromatic carbocycles. The zero-order valence-electron chi connectivity index (χ0n) is 21.0. The van der Waals surface area contributed by atoms with Crippen molar-refractivity contribution >= 4 is 26.9 Å². The van der Waals surface area contributed by atoms with Gasteiger partial charge in [-0.2, -0.15) is 0 Å². The summed E-state index contributed by atoms with van der Waals surface area (Å²) in [4.78, 5) is 16.5. The highest BCUT2D eigenvalue weighted by atomic mass is 32.2. The highest BCUT2D eigenvalue weighted by Gasteiger charge is 2.28. The SMILES string of the molecule is CCOC(=O)N1CCC(NS(=O)(=O)c2ccc(CN(CC)C3CCCCC3)c3ccccc23)CC1. The lowest BCUT2D eigenvalue weighted by Gasteiger charge is -2.34. The summed E-state index contributed by atoms with van der Waals surface area (Å²) in [5.41, 5.74) is 1.18. The van der Waals surface area contributed by atoms with E-state index < -0.39 is 10.0 Å². The molecule has 1 aliphatic heterocycles. The minimum atomic E-state index is -3.70. The molecule has 0 aromatic heterocycles. The van der Waals surface area contributed by atoms with Crippen LogP contribution < -0.4 is 4.72 Å². The largest absolute Gasteiger partial charge is 0.450 e. The third-order valence-corrected chi connectivity index (χ3v) is 9.06. The standard InChI is InChI=1S/C27H39N3O4S/c1-3-29(23-10-6-5-7-11-23)20-21-14-15-26(25-13-9-8-12-24(21)25)35(32,33)28-22-16-18-30(19-17-22)27(31)34-4-2/h8-9,12-15,22-23,28H,3-7,10-11,16-20H2,1-2H3. The van der Waals surface area contributed by atoms with Gasteiger partial charge in [-0.05, 0) is 56.2 Å². The van der Waals surface area contributed by atoms with Crippen LogP contribution in [0.3, 0.4) is 0 Å². The van der Waals surface area contributed by atoms with Crippen LogP contribution in [-0.4, -0.2) is 62.6 Å². The van der Waals surface area contributed by atoms with Crippen LogP contribution in [0.1, 0.15) is 64.4 Å². The molecule has 0 unspecified atom stereocenters. The second kappa shape index (κ2) is 11.7. The van der Waals surface area contributed by atoms with Gasteiger partial charge in [0.2, 0.25) is 10.0 Å². The molecule has 0 atom stereocenters. The Balaban J connectivity index is 1.51. The minimum absolute atomic E-state index is 0.203. The van der Waals surface area contributed by atoms with Gasteiger partial charge in [-0.1, -0.05) is 56.5 Å². The van der Waals surface area contributed by atoms with E-state index in [1.165, 1.54) is 37.7 Å². The molecule has 2 fully saturated rings. The van der Waals surface area contributed by atoms with Crippen LogP contribution in [-0.2, 0) is 21.3 Å². The van der Waals surface area contributed by atoms with Gasteiger partial charge in [-0.3, -0.25) is 4.90 Å². The molecule has 1 N–H and O–H groups in total. The molecule has 0 bridgehead atoms. The zero-order chi connectivity index (χ0) is 24.8. The van der Waals surface area contributed by atoms with Crippen molar-refractivity contribution in [2.45, 2.75) is 82.3 Å². The first kappa shape index (κ1) is 25.9. The average Bonchev–Trinajstić information content (AvgIpc) is 2.88. The highest BCUT2D eigenvalue weighted by Crippen LogP contribution is 2.30. The van der Waals surface area contributed by atoms with Gasteiger partial charge in [0, 0.05) is 37.1 Å². The topological polar surface area (TPSA) is 79.0 Å². The van der Waals surface area contributed by atoms with E-state index in [4.69, 9.17) is 4.74 Å². The van der Waals surface area contributed by atoms with Crippen LogP contribution in [0.5, 0.6) is 0 Å². The second-order valence-electron chi connectivity index (χ2n) is 9.70. The molecule has 1 heterocycles. The molecule has 0 radical (unpaired) electrons. The number of ether oxygens (including phenoxy) is 1. The van der Waals surface area contributed by atoms with Crippen molar-refractivity contribution in [1.29, 1.82) is 0 Å². The van der Waals surface area contributed by atoms with Crippen molar-refractivity contribution in [3.63, 3.8) is 0 Å². The fourth-order valence-electron chi connectivity index (χ4n) is 5.55. The van der Waals surface area contributed by atoms with Gasteiger partial charge in [0.05, 0.1) is 11.5 Å². The number of nitrogens with one attached hydrogen (secondary N) is 1. The van der Waals surface area contributed by atoms with Crippen LogP contribution >= 0.6 is 0 Å². The van der Waals surface area contributed by atoms with Crippen LogP contribution in [0.4, 0.5) is 4.79 Å². The van der Waals surface area contributed by atoms with Gasteiger partial charge in [-0.25, -0.2) is 17.9 Å². The maximum atomic E-state index is 13.4. The van der Waals surface area contributed by atoms with E-state index in [-0.39, 0.29) is 12.1 Å². The summed E-state index contributed by atoms with van der Waals surface area (Å²) >= 11 is 0. The Morgan fingerprint density at radius 1 is 1.00 bits per heavy atom. The molecule has 4 rings (SSSR count). The first-order valence-corrected chi connectivity index (χ1v) is 14.6. The average molecular weight is 502 g/mol. The van der Waals surface area contributed by atoms with E-state index in [2.05, 4.69) is 16.5 Å². The molecular weight excluding hydrogens is 462 g/mol. The molecule has 2 aliphatic rings. The fourth-order valence-corrected chi connectivity index (χ4v) is 7.06. The van der Waals surface area contributed by atoms with Crippen molar-refractivity contribution in [2.24, 2.45) is 0 Å². The zero-order valence-corrected chi connectivity index (χ0v) is 21.9. The number of nitrogens with zero attached hydrogens (tertiary/aromatic N) is 2. The minimum Gasteiger partial charge on any atom is -0.450 e. The molecule has 7 nitrogen and oxygen atoms in total. The number of carbonyl (C=O) groups excluding carboxylic acids is 1. The van der Waals surface area contributed by atoms with E-state index in [1.54, 1.807) is 17.9 Å². The number of sulfonamides is 1. The smallest absolute Gasteiger partial charge is 0.409 e. The third-order valence-electron chi connectivity index (χ3n) is 7.48. The van der Waals surface area contributed by atoms with Crippen LogP contribution in [0, 0.1) is 0 Å². The summed E-state index contributed by atoms with van der Waals surface area (Å²) in [6.45, 7) is 7.13. The summed E-state index contributed by atoms with van der Waals surface area (Å²) in [5, 5.41) is 1.77. The summed E-state index contributed by atoms with van der Waals surface area (Å²) in [6.07, 6.45) is 7.23. The molecule has 192 valence electrons. The molecular formula is C27H39N3O4S. The summed E-state index contributed by atoms with van der Waals surface area (Å²) in [5.74, 6) is 0. The van der Waals surface area contributed by atoms with Crippen molar-refractivity contribution in [2.75, 3.05) is 26.2 Å². The van der Waals surface area contributed by atoms with E-state index in [0.29, 0.717) is 43.5 Å². The van der Waals surface area contributed by atoms with Gasteiger partial charge in [0.15, 0.2) is 0 Å². The van der Waals surface area contributed by atoms with Crippen molar-refractivity contribution in [3.05, 3.63) is 42.0 Å². The number of hydrogen-bond acceptors (Lipinski definition) is 5. The van der Waals surface area contributed by atoms with Gasteiger partial charge >= 0.3 is 6.09 Å². The molecule has 2 aromatic rings. The number of rotatable bonds is 8. The van der Waals surface area contributed by atoms with Crippen molar-refractivity contribution in [3.8, 4) is 0 Å². The number of hydrogen-bond donors (Lipinski definition) is 1. The Morgan fingerprint density at radius 2 is 1.69 bits per heavy atom. The van der Waals surface area contributed by atoms with E-state index in [0.717, 1.165) is 23.9 Å². The molecule has 1 aliphatic carbocycles. The fraction of sp³-hybridized carbons (Fsp3) is 0.593. The Hall–Kier alpha value is -2.16. The third kappa shape index (κ3) is 6.16. The second-order valence-corrected chi connectivity index (χ2v) is 11.4. The van der Waals surface area contributed by atoms with E-state index in [1.807, 2.05) is 30.3 Å². The predicted molar refractivity (Wildman–Crippen MR) is 139 cm³/mol. The molecule has 1 saturated carbocycles. The van der Waals surface area contributed by atoms with Crippen LogP contribution in [0.25, 0.3) is 10.8 Å². The number of carbonyl (C=O) groups is 1. The number of fused-ring (bicyclic) bond motifs is 1. The maximum Gasteiger partial charge on any atom is 0.409 e. The Kier molecular flexibility index (Phi) is 8.68. The Bertz CT molecular complexity index is 1110. The first-order chi connectivity index (χ1) is 16.9. The Morgan fingerprint density at radius 3 is 2.34 bits per heavy atom. The lowest BCUT2D eigenvalue weighted by Crippen LogP contribution is -2.46. The van der Waals surface area contributed by atoms with Gasteiger partial charge in [0.25, 0.3) is 0 Å². The summed E-state index contributed by atoms with van der Waals surface area (Å²) in [6, 6.07) is 12.0. The number of amides is 1. The lowest BCUT2D eigenvalue weighted by molar-refractivity contribution is 0.0966. The molecule has 8 heteroatoms. The van der Waals surface area contributed by atoms with E-state index >= 15 is 0 Å². The van der Waals surface area contributed by atoms with Gasteiger partial charge in [0.1, 0.15) is 0 Å². The van der Waals surface area contributed by atoms with E-state index in [9.17, 15) is 13.2 Å². The molecule has 35 heavy (non-hydrogen) atoms. The van der Waals surface area contributed by atoms with Crippen LogP contribution in [0.15, 0.2) is 41.3 Å². The molecule has 0 spiro atoms. The normalized spacial score (nSPS) is 18.3. The number of likely N-dealkylation sites (tertiary alicyclic amines) is 1. The monoisotopic (exact) mass is 501 g/mol. The van der Waals surface area contributed by atoms with Gasteiger partial charge in [-0.15, -0.1) is 0 Å². The molecule has 1 amide bonds. The van der Waals surface area contributed by atoms with Crippen molar-refractivity contribution < 1.29 is 17.9 Å². The number of benzene rings is 2. The van der Waals surface area contributed by atoms with Crippen LogP contribution in [0.2, 0.25) is 0 Å². The highest BCUT2D eigenvalue weighted by molar-refractivity contribution is 7.89. The quantitative estimate of drug-likeness (QED) is 0.557. The summed E-state index contributed by atoms with van der Waals surface area (Å²) < 4.78 is 34.9. The predicted octanol–water partition coefficient (Wildman–Crippen LogP) is 4.89. The maximum absolute atomic E-state index is 13.4. The lowest BCUT2D eigenvalue weighted by atomic mass is 9.93. The van der Waals surface area contributed by atoms with Gasteiger partial charge < -0.3 is 9.64 Å². The first-order valence-electron chi connectivity index (χ1n) is 13.1. The Labute approximate surface area is 209 Å². The van der Waals surface area contributed by atoms with Crippen molar-refractivity contribution in [1.82, 2.24) is 14.5 Å². The number of piperidine rings is 1.